The number of aromatic nitrogens is 2. The Hall–Kier alpha value is -3.13. The van der Waals surface area contributed by atoms with Crippen molar-refractivity contribution in [2.45, 2.75) is 46.7 Å². The number of carbonyl (C=O) groups excluding carboxylic acids is 1. The van der Waals surface area contributed by atoms with Crippen LogP contribution in [0.3, 0.4) is 0 Å². The molecule has 8 heteroatoms. The van der Waals surface area contributed by atoms with Gasteiger partial charge in [-0.1, -0.05) is 25.1 Å². The van der Waals surface area contributed by atoms with Crippen molar-refractivity contribution in [1.29, 1.82) is 0 Å². The van der Waals surface area contributed by atoms with Crippen molar-refractivity contribution in [3.05, 3.63) is 77.4 Å². The molecule has 0 aliphatic rings. The van der Waals surface area contributed by atoms with Crippen molar-refractivity contribution < 1.29 is 13.2 Å². The number of anilines is 1. The zero-order valence-corrected chi connectivity index (χ0v) is 20.0. The minimum Gasteiger partial charge on any atom is -0.350 e. The van der Waals surface area contributed by atoms with Crippen molar-refractivity contribution in [2.75, 3.05) is 10.6 Å². The molecule has 0 bridgehead atoms. The highest BCUT2D eigenvalue weighted by Gasteiger charge is 2.31. The summed E-state index contributed by atoms with van der Waals surface area (Å²) in [4.78, 5) is 17.3. The minimum atomic E-state index is -3.66. The molecule has 0 saturated carbocycles. The van der Waals surface area contributed by atoms with Gasteiger partial charge in [-0.15, -0.1) is 0 Å². The Morgan fingerprint density at radius 2 is 1.78 bits per heavy atom. The van der Waals surface area contributed by atoms with E-state index in [0.29, 0.717) is 18.7 Å². The molecular formula is C24H30N4O3S. The molecule has 7 nitrogen and oxygen atoms in total. The highest BCUT2D eigenvalue weighted by atomic mass is 32.2. The third kappa shape index (κ3) is 5.19. The van der Waals surface area contributed by atoms with Gasteiger partial charge in [-0.25, -0.2) is 13.4 Å². The van der Waals surface area contributed by atoms with Gasteiger partial charge in [0.25, 0.3) is 0 Å². The zero-order valence-electron chi connectivity index (χ0n) is 19.2. The van der Waals surface area contributed by atoms with Crippen LogP contribution in [0.1, 0.15) is 35.9 Å². The number of rotatable bonds is 8. The highest BCUT2D eigenvalue weighted by Crippen LogP contribution is 2.25. The summed E-state index contributed by atoms with van der Waals surface area (Å²) in [6.07, 6.45) is 5.13. The van der Waals surface area contributed by atoms with Crippen LogP contribution < -0.4 is 9.62 Å². The normalized spacial score (nSPS) is 12.4. The first-order valence-electron chi connectivity index (χ1n) is 10.6. The third-order valence-electron chi connectivity index (χ3n) is 5.58. The summed E-state index contributed by atoms with van der Waals surface area (Å²) in [5, 5.41) is 2.90. The Labute approximate surface area is 190 Å². The molecule has 2 aromatic carbocycles. The molecule has 1 amide bonds. The van der Waals surface area contributed by atoms with Gasteiger partial charge in [0.1, 0.15) is 11.9 Å². The summed E-state index contributed by atoms with van der Waals surface area (Å²) in [5.74, 6) is 0.565. The summed E-state index contributed by atoms with van der Waals surface area (Å²) in [5.41, 5.74) is 4.44. The summed E-state index contributed by atoms with van der Waals surface area (Å²) in [6, 6.07) is 12.4. The fourth-order valence-corrected chi connectivity index (χ4v) is 4.86. The van der Waals surface area contributed by atoms with Crippen LogP contribution in [0.2, 0.25) is 0 Å². The Balaban J connectivity index is 1.76. The third-order valence-corrected chi connectivity index (χ3v) is 6.76. The van der Waals surface area contributed by atoms with E-state index in [0.717, 1.165) is 34.5 Å². The van der Waals surface area contributed by atoms with E-state index < -0.39 is 16.1 Å². The Morgan fingerprint density at radius 3 is 2.31 bits per heavy atom. The fourth-order valence-electron chi connectivity index (χ4n) is 3.66. The largest absolute Gasteiger partial charge is 0.350 e. The van der Waals surface area contributed by atoms with Gasteiger partial charge in [-0.3, -0.25) is 9.10 Å². The summed E-state index contributed by atoms with van der Waals surface area (Å²) >= 11 is 0. The first kappa shape index (κ1) is 23.5. The SMILES string of the molecule is CC[C@H](C(=O)NCc1ccc(-n2ccnc2C)cc1)N(c1ccc(C)c(C)c1)S(C)(=O)=O. The Bertz CT molecular complexity index is 1200. The first-order chi connectivity index (χ1) is 15.1. The van der Waals surface area contributed by atoms with E-state index in [4.69, 9.17) is 0 Å². The molecule has 170 valence electrons. The predicted octanol–water partition coefficient (Wildman–Crippen LogP) is 3.66. The van der Waals surface area contributed by atoms with E-state index >= 15 is 0 Å². The number of imidazole rings is 1. The standard InChI is InChI=1S/C24H30N4O3S/c1-6-23(28(32(5,30)31)22-10-7-17(2)18(3)15-22)24(29)26-16-20-8-11-21(12-9-20)27-14-13-25-19(27)4/h7-15,23H,6,16H2,1-5H3,(H,26,29)/t23-/m1/s1. The number of hydrogen-bond donors (Lipinski definition) is 1. The van der Waals surface area contributed by atoms with Gasteiger partial charge in [-0.2, -0.15) is 0 Å². The summed E-state index contributed by atoms with van der Waals surface area (Å²) < 4.78 is 28.4. The maximum atomic E-state index is 13.0. The number of sulfonamides is 1. The van der Waals surface area contributed by atoms with Crippen LogP contribution in [0.25, 0.3) is 5.69 Å². The van der Waals surface area contributed by atoms with Gasteiger partial charge in [0.05, 0.1) is 11.9 Å². The Morgan fingerprint density at radius 1 is 1.09 bits per heavy atom. The lowest BCUT2D eigenvalue weighted by Gasteiger charge is -2.30. The van der Waals surface area contributed by atoms with Crippen LogP contribution in [-0.4, -0.2) is 36.2 Å². The second kappa shape index (κ2) is 9.56. The maximum Gasteiger partial charge on any atom is 0.244 e. The number of hydrogen-bond acceptors (Lipinski definition) is 4. The average Bonchev–Trinajstić information content (AvgIpc) is 3.17. The monoisotopic (exact) mass is 454 g/mol. The molecule has 0 aliphatic heterocycles. The quantitative estimate of drug-likeness (QED) is 0.563. The number of benzene rings is 2. The highest BCUT2D eigenvalue weighted by molar-refractivity contribution is 7.92. The lowest BCUT2D eigenvalue weighted by atomic mass is 10.1. The van der Waals surface area contributed by atoms with Gasteiger partial charge in [0, 0.05) is 24.6 Å². The fraction of sp³-hybridized carbons (Fsp3) is 0.333. The van der Waals surface area contributed by atoms with E-state index in [-0.39, 0.29) is 5.91 Å². The van der Waals surface area contributed by atoms with Crippen LogP contribution >= 0.6 is 0 Å². The maximum absolute atomic E-state index is 13.0. The van der Waals surface area contributed by atoms with Crippen LogP contribution in [0, 0.1) is 20.8 Å². The first-order valence-corrected chi connectivity index (χ1v) is 12.4. The number of amides is 1. The van der Waals surface area contributed by atoms with Crippen molar-refractivity contribution in [3.63, 3.8) is 0 Å². The Kier molecular flexibility index (Phi) is 7.03. The van der Waals surface area contributed by atoms with E-state index in [1.165, 1.54) is 4.31 Å². The number of aryl methyl sites for hydroxylation is 3. The van der Waals surface area contributed by atoms with E-state index in [1.807, 2.05) is 74.9 Å². The molecule has 32 heavy (non-hydrogen) atoms. The van der Waals surface area contributed by atoms with Gasteiger partial charge < -0.3 is 9.88 Å². The van der Waals surface area contributed by atoms with E-state index in [9.17, 15) is 13.2 Å². The molecule has 0 aliphatic carbocycles. The molecule has 3 rings (SSSR count). The summed E-state index contributed by atoms with van der Waals surface area (Å²) in [6.45, 7) is 7.94. The van der Waals surface area contributed by atoms with E-state index in [1.54, 1.807) is 12.3 Å². The lowest BCUT2D eigenvalue weighted by molar-refractivity contribution is -0.122. The predicted molar refractivity (Wildman–Crippen MR) is 127 cm³/mol. The van der Waals surface area contributed by atoms with Crippen LogP contribution in [0.4, 0.5) is 5.69 Å². The number of carbonyl (C=O) groups is 1. The second-order valence-electron chi connectivity index (χ2n) is 7.98. The number of nitrogens with one attached hydrogen (secondary N) is 1. The molecule has 1 heterocycles. The smallest absolute Gasteiger partial charge is 0.244 e. The molecule has 1 atom stereocenters. The van der Waals surface area contributed by atoms with Gasteiger partial charge in [-0.05, 0) is 68.1 Å². The van der Waals surface area contributed by atoms with Crippen molar-refractivity contribution in [3.8, 4) is 5.69 Å². The lowest BCUT2D eigenvalue weighted by Crippen LogP contribution is -2.49. The van der Waals surface area contributed by atoms with Crippen molar-refractivity contribution >= 4 is 21.6 Å². The van der Waals surface area contributed by atoms with Gasteiger partial charge in [0.15, 0.2) is 0 Å². The molecule has 3 aromatic rings. The van der Waals surface area contributed by atoms with Crippen LogP contribution in [0.5, 0.6) is 0 Å². The molecule has 1 aromatic heterocycles. The summed E-state index contributed by atoms with van der Waals surface area (Å²) in [7, 11) is -3.66. The molecule has 0 spiro atoms. The second-order valence-corrected chi connectivity index (χ2v) is 9.84. The molecule has 0 radical (unpaired) electrons. The zero-order chi connectivity index (χ0) is 23.5. The van der Waals surface area contributed by atoms with E-state index in [2.05, 4.69) is 10.3 Å². The number of nitrogens with zero attached hydrogens (tertiary/aromatic N) is 3. The topological polar surface area (TPSA) is 84.3 Å². The minimum absolute atomic E-state index is 0.309. The molecule has 0 saturated heterocycles. The van der Waals surface area contributed by atoms with Gasteiger partial charge >= 0.3 is 0 Å². The molecule has 1 N–H and O–H groups in total. The molecular weight excluding hydrogens is 424 g/mol. The van der Waals surface area contributed by atoms with Crippen LogP contribution in [0.15, 0.2) is 54.9 Å². The molecule has 0 unspecified atom stereocenters. The van der Waals surface area contributed by atoms with Crippen molar-refractivity contribution in [2.24, 2.45) is 0 Å². The van der Waals surface area contributed by atoms with Gasteiger partial charge in [0.2, 0.25) is 15.9 Å². The van der Waals surface area contributed by atoms with Crippen molar-refractivity contribution in [1.82, 2.24) is 14.9 Å². The molecule has 0 fully saturated rings. The van der Waals surface area contributed by atoms with Crippen LogP contribution in [-0.2, 0) is 21.4 Å². The average molecular weight is 455 g/mol.